The minimum atomic E-state index is -4.57. The average Bonchev–Trinajstić information content (AvgIpc) is 2.69. The number of nitrogens with one attached hydrogen (secondary N) is 1. The molecule has 29 heavy (non-hydrogen) atoms. The predicted octanol–water partition coefficient (Wildman–Crippen LogP) is 6.27. The molecule has 4 nitrogen and oxygen atoms in total. The second-order valence-corrected chi connectivity index (χ2v) is 6.85. The van der Waals surface area contributed by atoms with Gasteiger partial charge in [-0.15, -0.1) is 0 Å². The van der Waals surface area contributed by atoms with Crippen molar-refractivity contribution in [3.63, 3.8) is 0 Å². The summed E-state index contributed by atoms with van der Waals surface area (Å²) in [7, 11) is 1.73. The van der Waals surface area contributed by atoms with Gasteiger partial charge in [0.15, 0.2) is 0 Å². The van der Waals surface area contributed by atoms with Gasteiger partial charge in [-0.1, -0.05) is 43.7 Å². The van der Waals surface area contributed by atoms with Crippen molar-refractivity contribution in [3.05, 3.63) is 71.4 Å². The zero-order chi connectivity index (χ0) is 21.0. The number of hydrogen-bond acceptors (Lipinski definition) is 4. The molecule has 1 N–H and O–H groups in total. The normalized spacial score (nSPS) is 11.4. The maximum Gasteiger partial charge on any atom is 0.421 e. The first kappa shape index (κ1) is 20.6. The Morgan fingerprint density at radius 1 is 1.03 bits per heavy atom. The molecule has 1 heterocycles. The number of para-hydroxylation sites is 1. The fourth-order valence-corrected chi connectivity index (χ4v) is 3.06. The van der Waals surface area contributed by atoms with Gasteiger partial charge in [-0.25, -0.2) is 4.98 Å². The van der Waals surface area contributed by atoms with Gasteiger partial charge >= 0.3 is 6.18 Å². The van der Waals surface area contributed by atoms with Crippen molar-refractivity contribution in [1.82, 2.24) is 9.97 Å². The molecule has 0 unspecified atom stereocenters. The number of aryl methyl sites for hydroxylation is 2. The Hall–Kier alpha value is -3.09. The molecule has 0 fully saturated rings. The predicted molar refractivity (Wildman–Crippen MR) is 110 cm³/mol. The van der Waals surface area contributed by atoms with E-state index in [0.717, 1.165) is 35.9 Å². The van der Waals surface area contributed by atoms with Crippen LogP contribution in [-0.2, 0) is 12.6 Å². The number of aromatic nitrogens is 2. The first-order valence-corrected chi connectivity index (χ1v) is 9.39. The molecule has 0 aliphatic carbocycles. The fourth-order valence-electron chi connectivity index (χ4n) is 3.06. The Morgan fingerprint density at radius 2 is 1.72 bits per heavy atom. The number of alkyl halides is 3. The first-order valence-electron chi connectivity index (χ1n) is 9.39. The molecular weight excluding hydrogens is 377 g/mol. The zero-order valence-corrected chi connectivity index (χ0v) is 16.6. The average molecular weight is 400 g/mol. The van der Waals surface area contributed by atoms with Crippen molar-refractivity contribution in [1.29, 1.82) is 0 Å². The number of nitrogens with zero attached hydrogens (tertiary/aromatic N) is 3. The SMILES string of the molecule is CCCc1ccc(Nc2nc(N(C)c3ccccc3C)ncc2C(F)(F)F)cc1. The van der Waals surface area contributed by atoms with Crippen molar-refractivity contribution >= 4 is 23.1 Å². The van der Waals surface area contributed by atoms with E-state index in [2.05, 4.69) is 22.2 Å². The summed E-state index contributed by atoms with van der Waals surface area (Å²) in [6, 6.07) is 14.9. The van der Waals surface area contributed by atoms with E-state index < -0.39 is 11.7 Å². The van der Waals surface area contributed by atoms with Gasteiger partial charge in [0.25, 0.3) is 0 Å². The van der Waals surface area contributed by atoms with Crippen LogP contribution in [0.4, 0.5) is 36.3 Å². The highest BCUT2D eigenvalue weighted by atomic mass is 19.4. The van der Waals surface area contributed by atoms with Crippen LogP contribution in [0.1, 0.15) is 30.0 Å². The second kappa shape index (κ2) is 8.51. The highest BCUT2D eigenvalue weighted by Gasteiger charge is 2.35. The molecule has 2 aromatic carbocycles. The highest BCUT2D eigenvalue weighted by molar-refractivity contribution is 5.65. The van der Waals surface area contributed by atoms with Crippen LogP contribution in [0.2, 0.25) is 0 Å². The van der Waals surface area contributed by atoms with Crippen molar-refractivity contribution in [3.8, 4) is 0 Å². The molecule has 0 amide bonds. The van der Waals surface area contributed by atoms with Crippen LogP contribution in [-0.4, -0.2) is 17.0 Å². The summed E-state index contributed by atoms with van der Waals surface area (Å²) in [5.41, 5.74) is 2.56. The molecule has 0 saturated carbocycles. The van der Waals surface area contributed by atoms with Crippen molar-refractivity contribution in [2.24, 2.45) is 0 Å². The summed E-state index contributed by atoms with van der Waals surface area (Å²) in [6.45, 7) is 4.00. The number of rotatable bonds is 6. The summed E-state index contributed by atoms with van der Waals surface area (Å²) in [6.07, 6.45) is -1.81. The molecule has 1 aromatic heterocycles. The van der Waals surface area contributed by atoms with Crippen LogP contribution < -0.4 is 10.2 Å². The molecule has 0 spiro atoms. The first-order chi connectivity index (χ1) is 13.8. The third-order valence-electron chi connectivity index (χ3n) is 4.61. The zero-order valence-electron chi connectivity index (χ0n) is 16.6. The van der Waals surface area contributed by atoms with Crippen LogP contribution in [0.5, 0.6) is 0 Å². The van der Waals surface area contributed by atoms with Crippen LogP contribution in [0, 0.1) is 6.92 Å². The lowest BCUT2D eigenvalue weighted by molar-refractivity contribution is -0.137. The summed E-state index contributed by atoms with van der Waals surface area (Å²) >= 11 is 0. The minimum Gasteiger partial charge on any atom is -0.340 e. The standard InChI is InChI=1S/C22H23F3N4/c1-4-7-16-10-12-17(13-11-16)27-20-18(22(23,24)25)14-26-21(28-20)29(3)19-9-6-5-8-15(19)2/h5-6,8-14H,4,7H2,1-3H3,(H,26,27,28). The van der Waals surface area contributed by atoms with E-state index in [4.69, 9.17) is 0 Å². The van der Waals surface area contributed by atoms with Crippen LogP contribution in [0.15, 0.2) is 54.7 Å². The molecule has 7 heteroatoms. The second-order valence-electron chi connectivity index (χ2n) is 6.85. The minimum absolute atomic E-state index is 0.178. The summed E-state index contributed by atoms with van der Waals surface area (Å²) in [5.74, 6) is -0.0939. The number of hydrogen-bond donors (Lipinski definition) is 1. The number of anilines is 4. The molecular formula is C22H23F3N4. The summed E-state index contributed by atoms with van der Waals surface area (Å²) in [5, 5.41) is 2.81. The topological polar surface area (TPSA) is 41.1 Å². The molecule has 0 aliphatic heterocycles. The number of halogens is 3. The summed E-state index contributed by atoms with van der Waals surface area (Å²) in [4.78, 5) is 9.82. The van der Waals surface area contributed by atoms with Gasteiger partial charge in [-0.2, -0.15) is 18.2 Å². The highest BCUT2D eigenvalue weighted by Crippen LogP contribution is 2.36. The lowest BCUT2D eigenvalue weighted by Crippen LogP contribution is -2.18. The Kier molecular flexibility index (Phi) is 6.06. The third kappa shape index (κ3) is 4.85. The van der Waals surface area contributed by atoms with Gasteiger partial charge < -0.3 is 10.2 Å². The molecule has 0 radical (unpaired) electrons. The Bertz CT molecular complexity index is 969. The van der Waals surface area contributed by atoms with E-state index in [1.165, 1.54) is 0 Å². The Labute approximate surface area is 168 Å². The van der Waals surface area contributed by atoms with Crippen molar-refractivity contribution in [2.45, 2.75) is 32.9 Å². The van der Waals surface area contributed by atoms with E-state index in [1.54, 1.807) is 24.1 Å². The Morgan fingerprint density at radius 3 is 2.34 bits per heavy atom. The van der Waals surface area contributed by atoms with Crippen molar-refractivity contribution < 1.29 is 13.2 Å². The molecule has 3 rings (SSSR count). The smallest absolute Gasteiger partial charge is 0.340 e. The van der Waals surface area contributed by atoms with Gasteiger partial charge in [0.1, 0.15) is 11.4 Å². The third-order valence-corrected chi connectivity index (χ3v) is 4.61. The fraction of sp³-hybridized carbons (Fsp3) is 0.273. The summed E-state index contributed by atoms with van der Waals surface area (Å²) < 4.78 is 40.5. The van der Waals surface area contributed by atoms with E-state index in [9.17, 15) is 13.2 Å². The molecule has 152 valence electrons. The van der Waals surface area contributed by atoms with E-state index in [1.807, 2.05) is 43.3 Å². The molecule has 0 bridgehead atoms. The van der Waals surface area contributed by atoms with Gasteiger partial charge in [-0.3, -0.25) is 0 Å². The quantitative estimate of drug-likeness (QED) is 0.530. The van der Waals surface area contributed by atoms with E-state index in [0.29, 0.717) is 5.69 Å². The van der Waals surface area contributed by atoms with Gasteiger partial charge in [-0.05, 0) is 42.7 Å². The molecule has 3 aromatic rings. The molecule has 0 aliphatic rings. The maximum atomic E-state index is 13.5. The van der Waals surface area contributed by atoms with Crippen LogP contribution in [0.3, 0.4) is 0 Å². The Balaban J connectivity index is 1.97. The van der Waals surface area contributed by atoms with Gasteiger partial charge in [0, 0.05) is 24.6 Å². The van der Waals surface area contributed by atoms with E-state index >= 15 is 0 Å². The molecule has 0 atom stereocenters. The monoisotopic (exact) mass is 400 g/mol. The molecule has 0 saturated heterocycles. The van der Waals surface area contributed by atoms with E-state index in [-0.39, 0.29) is 11.8 Å². The van der Waals surface area contributed by atoms with Crippen molar-refractivity contribution in [2.75, 3.05) is 17.3 Å². The van der Waals surface area contributed by atoms with Gasteiger partial charge in [0.2, 0.25) is 5.95 Å². The largest absolute Gasteiger partial charge is 0.421 e. The number of benzene rings is 2. The lowest BCUT2D eigenvalue weighted by Gasteiger charge is -2.21. The maximum absolute atomic E-state index is 13.5. The van der Waals surface area contributed by atoms with Gasteiger partial charge in [0.05, 0.1) is 0 Å². The van der Waals surface area contributed by atoms with Crippen LogP contribution >= 0.6 is 0 Å². The lowest BCUT2D eigenvalue weighted by atomic mass is 10.1. The van der Waals surface area contributed by atoms with Crippen LogP contribution in [0.25, 0.3) is 0 Å².